The summed E-state index contributed by atoms with van der Waals surface area (Å²) in [5, 5.41) is 3.25. The zero-order chi connectivity index (χ0) is 13.0. The van der Waals surface area contributed by atoms with Crippen molar-refractivity contribution in [1.82, 2.24) is 4.98 Å². The van der Waals surface area contributed by atoms with E-state index in [4.69, 9.17) is 11.6 Å². The van der Waals surface area contributed by atoms with E-state index in [0.29, 0.717) is 11.6 Å². The summed E-state index contributed by atoms with van der Waals surface area (Å²) in [6.07, 6.45) is 2.44. The van der Waals surface area contributed by atoms with E-state index in [-0.39, 0.29) is 5.82 Å². The zero-order valence-corrected chi connectivity index (χ0v) is 10.8. The average molecular weight is 265 g/mol. The molecule has 0 aliphatic heterocycles. The van der Waals surface area contributed by atoms with E-state index in [1.807, 2.05) is 12.1 Å². The smallest absolute Gasteiger partial charge is 0.166 e. The van der Waals surface area contributed by atoms with Crippen LogP contribution in [0, 0.1) is 5.82 Å². The number of aromatic nitrogens is 1. The molecule has 94 valence electrons. The molecule has 0 bridgehead atoms. The standard InChI is InChI=1S/C14H14ClFN2/c1-2-10-3-5-11(6-4-10)8-17-14-13(16)7-12(15)9-18-14/h3-7,9H,2,8H2,1H3,(H,17,18). The number of hydrogen-bond acceptors (Lipinski definition) is 2. The van der Waals surface area contributed by atoms with Gasteiger partial charge in [-0.3, -0.25) is 0 Å². The van der Waals surface area contributed by atoms with E-state index in [9.17, 15) is 4.39 Å². The summed E-state index contributed by atoms with van der Waals surface area (Å²) >= 11 is 5.64. The second-order valence-electron chi connectivity index (χ2n) is 4.01. The van der Waals surface area contributed by atoms with Gasteiger partial charge in [-0.25, -0.2) is 9.37 Å². The average Bonchev–Trinajstić information content (AvgIpc) is 2.38. The maximum Gasteiger partial charge on any atom is 0.166 e. The van der Waals surface area contributed by atoms with E-state index < -0.39 is 5.82 Å². The molecule has 0 atom stereocenters. The number of benzene rings is 1. The van der Waals surface area contributed by atoms with Crippen LogP contribution in [0.25, 0.3) is 0 Å². The number of pyridine rings is 1. The van der Waals surface area contributed by atoms with Crippen molar-refractivity contribution in [2.75, 3.05) is 5.32 Å². The van der Waals surface area contributed by atoms with Crippen molar-refractivity contribution in [1.29, 1.82) is 0 Å². The summed E-state index contributed by atoms with van der Waals surface area (Å²) in [5.41, 5.74) is 2.37. The lowest BCUT2D eigenvalue weighted by Crippen LogP contribution is -2.03. The molecule has 0 saturated carbocycles. The molecule has 2 rings (SSSR count). The topological polar surface area (TPSA) is 24.9 Å². The Kier molecular flexibility index (Phi) is 4.15. The molecule has 1 heterocycles. The summed E-state index contributed by atoms with van der Waals surface area (Å²) in [4.78, 5) is 3.91. The second-order valence-corrected chi connectivity index (χ2v) is 4.44. The Morgan fingerprint density at radius 1 is 1.22 bits per heavy atom. The quantitative estimate of drug-likeness (QED) is 0.901. The first-order valence-corrected chi connectivity index (χ1v) is 6.19. The van der Waals surface area contributed by atoms with Crippen LogP contribution < -0.4 is 5.32 Å². The zero-order valence-electron chi connectivity index (χ0n) is 10.1. The van der Waals surface area contributed by atoms with Gasteiger partial charge in [-0.1, -0.05) is 42.8 Å². The molecule has 0 aliphatic carbocycles. The molecule has 0 saturated heterocycles. The van der Waals surface area contributed by atoms with Crippen LogP contribution in [-0.2, 0) is 13.0 Å². The van der Waals surface area contributed by atoms with Crippen LogP contribution in [0.1, 0.15) is 18.1 Å². The molecule has 2 aromatic rings. The summed E-state index contributed by atoms with van der Waals surface area (Å²) in [6, 6.07) is 9.45. The van der Waals surface area contributed by atoms with E-state index in [1.165, 1.54) is 17.8 Å². The maximum absolute atomic E-state index is 13.5. The van der Waals surface area contributed by atoms with Crippen molar-refractivity contribution in [3.05, 3.63) is 58.5 Å². The molecule has 0 radical (unpaired) electrons. The molecule has 2 nitrogen and oxygen atoms in total. The van der Waals surface area contributed by atoms with Crippen LogP contribution in [0.15, 0.2) is 36.5 Å². The van der Waals surface area contributed by atoms with E-state index >= 15 is 0 Å². The van der Waals surface area contributed by atoms with E-state index in [2.05, 4.69) is 29.4 Å². The number of hydrogen-bond donors (Lipinski definition) is 1. The SMILES string of the molecule is CCc1ccc(CNc2ncc(Cl)cc2F)cc1. The molecule has 0 spiro atoms. The first-order valence-electron chi connectivity index (χ1n) is 5.81. The molecule has 0 unspecified atom stereocenters. The third kappa shape index (κ3) is 3.20. The fourth-order valence-corrected chi connectivity index (χ4v) is 1.77. The molecular formula is C14H14ClFN2. The van der Waals surface area contributed by atoms with Gasteiger partial charge in [-0.15, -0.1) is 0 Å². The minimum atomic E-state index is -0.437. The van der Waals surface area contributed by atoms with Gasteiger partial charge in [0.1, 0.15) is 0 Å². The van der Waals surface area contributed by atoms with Crippen LogP contribution >= 0.6 is 11.6 Å². The Morgan fingerprint density at radius 2 is 1.89 bits per heavy atom. The fraction of sp³-hybridized carbons (Fsp3) is 0.214. The van der Waals surface area contributed by atoms with Gasteiger partial charge in [-0.2, -0.15) is 0 Å². The third-order valence-corrected chi connectivity index (χ3v) is 2.91. The second kappa shape index (κ2) is 5.83. The summed E-state index contributed by atoms with van der Waals surface area (Å²) in [7, 11) is 0. The molecule has 18 heavy (non-hydrogen) atoms. The van der Waals surface area contributed by atoms with E-state index in [1.54, 1.807) is 0 Å². The Hall–Kier alpha value is -1.61. The summed E-state index contributed by atoms with van der Waals surface area (Å²) < 4.78 is 13.5. The van der Waals surface area contributed by atoms with Gasteiger partial charge in [0.2, 0.25) is 0 Å². The molecular weight excluding hydrogens is 251 g/mol. The highest BCUT2D eigenvalue weighted by atomic mass is 35.5. The Bertz CT molecular complexity index is 526. The van der Waals surface area contributed by atoms with Gasteiger partial charge >= 0.3 is 0 Å². The number of nitrogens with one attached hydrogen (secondary N) is 1. The molecule has 1 aromatic carbocycles. The highest BCUT2D eigenvalue weighted by molar-refractivity contribution is 6.30. The predicted molar refractivity (Wildman–Crippen MR) is 72.4 cm³/mol. The van der Waals surface area contributed by atoms with Crippen molar-refractivity contribution in [2.24, 2.45) is 0 Å². The number of aryl methyl sites for hydroxylation is 1. The Morgan fingerprint density at radius 3 is 2.50 bits per heavy atom. The number of anilines is 1. The molecule has 1 N–H and O–H groups in total. The van der Waals surface area contributed by atoms with Crippen LogP contribution in [0.3, 0.4) is 0 Å². The van der Waals surface area contributed by atoms with Gasteiger partial charge < -0.3 is 5.32 Å². The number of rotatable bonds is 4. The van der Waals surface area contributed by atoms with Gasteiger partial charge in [0.15, 0.2) is 11.6 Å². The lowest BCUT2D eigenvalue weighted by atomic mass is 10.1. The van der Waals surface area contributed by atoms with Gasteiger partial charge in [0, 0.05) is 12.7 Å². The van der Waals surface area contributed by atoms with Crippen molar-refractivity contribution >= 4 is 17.4 Å². The molecule has 0 amide bonds. The van der Waals surface area contributed by atoms with Crippen molar-refractivity contribution in [3.63, 3.8) is 0 Å². The lowest BCUT2D eigenvalue weighted by molar-refractivity contribution is 0.624. The van der Waals surface area contributed by atoms with Crippen molar-refractivity contribution in [3.8, 4) is 0 Å². The first-order chi connectivity index (χ1) is 8.69. The molecule has 1 aromatic heterocycles. The third-order valence-electron chi connectivity index (χ3n) is 2.70. The van der Waals surface area contributed by atoms with Crippen LogP contribution in [0.4, 0.5) is 10.2 Å². The number of halogens is 2. The van der Waals surface area contributed by atoms with E-state index in [0.717, 1.165) is 12.0 Å². The van der Waals surface area contributed by atoms with Gasteiger partial charge in [-0.05, 0) is 23.6 Å². The summed E-state index contributed by atoms with van der Waals surface area (Å²) in [6.45, 7) is 2.65. The van der Waals surface area contributed by atoms with Gasteiger partial charge in [0.05, 0.1) is 5.02 Å². The van der Waals surface area contributed by atoms with Gasteiger partial charge in [0.25, 0.3) is 0 Å². The molecule has 0 fully saturated rings. The monoisotopic (exact) mass is 264 g/mol. The Balaban J connectivity index is 2.02. The minimum Gasteiger partial charge on any atom is -0.364 e. The maximum atomic E-state index is 13.5. The first kappa shape index (κ1) is 12.8. The molecule has 4 heteroatoms. The van der Waals surface area contributed by atoms with Crippen molar-refractivity contribution < 1.29 is 4.39 Å². The van der Waals surface area contributed by atoms with Crippen LogP contribution in [0.2, 0.25) is 5.02 Å². The highest BCUT2D eigenvalue weighted by Crippen LogP contribution is 2.16. The number of nitrogens with zero attached hydrogens (tertiary/aromatic N) is 1. The lowest BCUT2D eigenvalue weighted by Gasteiger charge is -2.07. The van der Waals surface area contributed by atoms with Crippen LogP contribution in [-0.4, -0.2) is 4.98 Å². The fourth-order valence-electron chi connectivity index (χ4n) is 1.62. The van der Waals surface area contributed by atoms with Crippen LogP contribution in [0.5, 0.6) is 0 Å². The minimum absolute atomic E-state index is 0.221. The molecule has 0 aliphatic rings. The Labute approximate surface area is 111 Å². The largest absolute Gasteiger partial charge is 0.364 e. The summed E-state index contributed by atoms with van der Waals surface area (Å²) in [5.74, 6) is -0.216. The predicted octanol–water partition coefficient (Wildman–Crippen LogP) is 4.05. The normalized spacial score (nSPS) is 10.4. The van der Waals surface area contributed by atoms with Crippen molar-refractivity contribution in [2.45, 2.75) is 19.9 Å². The highest BCUT2D eigenvalue weighted by Gasteiger charge is 2.03.